The van der Waals surface area contributed by atoms with Gasteiger partial charge in [-0.15, -0.1) is 6.58 Å². The van der Waals surface area contributed by atoms with E-state index in [-0.39, 0.29) is 12.3 Å². The molecule has 30 heavy (non-hydrogen) atoms. The van der Waals surface area contributed by atoms with Crippen LogP contribution in [0, 0.1) is 11.7 Å². The van der Waals surface area contributed by atoms with E-state index in [1.165, 1.54) is 11.3 Å². The summed E-state index contributed by atoms with van der Waals surface area (Å²) < 4.78 is 13.0. The first-order valence-electron chi connectivity index (χ1n) is 9.21. The minimum Gasteiger partial charge on any atom is -0.497 e. The lowest BCUT2D eigenvalue weighted by molar-refractivity contribution is -0.116. The lowest BCUT2D eigenvalue weighted by Crippen LogP contribution is -2.12. The van der Waals surface area contributed by atoms with Gasteiger partial charge in [-0.05, 0) is 49.3 Å². The van der Waals surface area contributed by atoms with Crippen LogP contribution >= 0.6 is 23.6 Å². The number of rotatable bonds is 9. The molecule has 3 rings (SSSR count). The number of methoxy groups -OCH3 is 2. The largest absolute Gasteiger partial charge is 0.497 e. The molecule has 2 heterocycles. The smallest absolute Gasteiger partial charge is 0.226 e. The summed E-state index contributed by atoms with van der Waals surface area (Å²) in [5.41, 5.74) is 1.67. The molecule has 3 aromatic rings. The lowest BCUT2D eigenvalue weighted by atomic mass is 10.1. The fraction of sp³-hybridized carbons (Fsp3) is 0.300. The Kier molecular flexibility index (Phi) is 7.01. The van der Waals surface area contributed by atoms with Gasteiger partial charge in [-0.3, -0.25) is 14.5 Å². The quantitative estimate of drug-likeness (QED) is 0.380. The minimum absolute atomic E-state index is 0.134. The van der Waals surface area contributed by atoms with Crippen molar-refractivity contribution in [1.82, 2.24) is 19.7 Å². The molecule has 2 N–H and O–H groups in total. The summed E-state index contributed by atoms with van der Waals surface area (Å²) in [6.07, 6.45) is 2.55. The van der Waals surface area contributed by atoms with Crippen molar-refractivity contribution in [3.63, 3.8) is 0 Å². The molecule has 0 bridgehead atoms. The summed E-state index contributed by atoms with van der Waals surface area (Å²) in [6.45, 7) is 6.16. The molecule has 0 saturated heterocycles. The molecular formula is C20H23N5O3S2. The molecule has 10 heteroatoms. The summed E-state index contributed by atoms with van der Waals surface area (Å²) >= 11 is 6.63. The van der Waals surface area contributed by atoms with Crippen molar-refractivity contribution in [1.29, 1.82) is 0 Å². The Balaban J connectivity index is 1.71. The Morgan fingerprint density at radius 1 is 1.40 bits per heavy atom. The molecule has 1 amide bonds. The molecule has 0 fully saturated rings. The number of aromatic nitrogens is 4. The van der Waals surface area contributed by atoms with Crippen LogP contribution < -0.4 is 14.8 Å². The van der Waals surface area contributed by atoms with Crippen molar-refractivity contribution < 1.29 is 14.3 Å². The van der Waals surface area contributed by atoms with Gasteiger partial charge in [-0.25, -0.2) is 4.98 Å². The zero-order valence-electron chi connectivity index (χ0n) is 17.0. The van der Waals surface area contributed by atoms with Crippen molar-refractivity contribution >= 4 is 34.6 Å². The number of hydrogen-bond donors (Lipinski definition) is 2. The van der Waals surface area contributed by atoms with E-state index in [4.69, 9.17) is 21.7 Å². The topological polar surface area (TPSA) is 94.1 Å². The number of aryl methyl sites for hydroxylation is 2. The van der Waals surface area contributed by atoms with Gasteiger partial charge >= 0.3 is 0 Å². The van der Waals surface area contributed by atoms with Gasteiger partial charge in [0.05, 0.1) is 24.8 Å². The third-order valence-corrected chi connectivity index (χ3v) is 5.81. The number of nitrogens with one attached hydrogen (secondary N) is 2. The first-order chi connectivity index (χ1) is 14.5. The number of hydrogen-bond acceptors (Lipinski definition) is 7. The van der Waals surface area contributed by atoms with E-state index in [1.807, 2.05) is 29.7 Å². The molecule has 0 aliphatic carbocycles. The van der Waals surface area contributed by atoms with E-state index in [0.29, 0.717) is 28.7 Å². The van der Waals surface area contributed by atoms with E-state index < -0.39 is 0 Å². The predicted molar refractivity (Wildman–Crippen MR) is 120 cm³/mol. The second-order valence-corrected chi connectivity index (χ2v) is 7.80. The van der Waals surface area contributed by atoms with Gasteiger partial charge in [0.15, 0.2) is 15.7 Å². The van der Waals surface area contributed by atoms with Gasteiger partial charge < -0.3 is 14.8 Å². The van der Waals surface area contributed by atoms with Gasteiger partial charge in [0.1, 0.15) is 11.5 Å². The fourth-order valence-electron chi connectivity index (χ4n) is 2.95. The Morgan fingerprint density at radius 2 is 2.20 bits per heavy atom. The maximum Gasteiger partial charge on any atom is 0.226 e. The Bertz CT molecular complexity index is 1120. The number of anilines is 1. The highest BCUT2D eigenvalue weighted by Gasteiger charge is 2.17. The average Bonchev–Trinajstić information content (AvgIpc) is 3.28. The summed E-state index contributed by atoms with van der Waals surface area (Å²) in [5.74, 6) is 1.99. The number of ether oxygens (including phenoxy) is 2. The molecule has 0 aliphatic rings. The fourth-order valence-corrected chi connectivity index (χ4v) is 4.14. The molecule has 1 aromatic carbocycles. The van der Waals surface area contributed by atoms with Gasteiger partial charge in [0, 0.05) is 13.0 Å². The van der Waals surface area contributed by atoms with Gasteiger partial charge in [-0.2, -0.15) is 5.10 Å². The Morgan fingerprint density at radius 3 is 2.90 bits per heavy atom. The van der Waals surface area contributed by atoms with Gasteiger partial charge in [0.25, 0.3) is 0 Å². The standard InChI is InChI=1S/C20H23N5O3S2/c1-5-10-25-18(23-24-20(25)29)17-12(2)21-19(30-17)22-16(26)9-6-13-11-14(27-3)7-8-15(13)28-4/h5,7-8,11H,1,6,9-10H2,2-4H3,(H,24,29)(H,21,22,26). The van der Waals surface area contributed by atoms with Crippen LogP contribution in [0.1, 0.15) is 17.7 Å². The van der Waals surface area contributed by atoms with Crippen molar-refractivity contribution in [2.75, 3.05) is 19.5 Å². The number of carbonyl (C=O) groups excluding carboxylic acids is 1. The molecule has 2 aromatic heterocycles. The first-order valence-corrected chi connectivity index (χ1v) is 10.4. The number of nitrogens with zero attached hydrogens (tertiary/aromatic N) is 3. The first kappa shape index (κ1) is 21.7. The van der Waals surface area contributed by atoms with Crippen molar-refractivity contribution in [2.24, 2.45) is 0 Å². The van der Waals surface area contributed by atoms with Crippen LogP contribution in [-0.2, 0) is 17.8 Å². The number of amides is 1. The highest BCUT2D eigenvalue weighted by atomic mass is 32.1. The van der Waals surface area contributed by atoms with E-state index in [0.717, 1.165) is 27.6 Å². The van der Waals surface area contributed by atoms with Gasteiger partial charge in [-0.1, -0.05) is 17.4 Å². The molecule has 0 atom stereocenters. The van der Waals surface area contributed by atoms with Gasteiger partial charge in [0.2, 0.25) is 5.91 Å². The molecule has 8 nitrogen and oxygen atoms in total. The summed E-state index contributed by atoms with van der Waals surface area (Å²) in [5, 5.41) is 10.5. The van der Waals surface area contributed by atoms with Crippen LogP contribution in [0.2, 0.25) is 0 Å². The maximum atomic E-state index is 12.5. The molecule has 0 spiro atoms. The zero-order chi connectivity index (χ0) is 21.7. The molecule has 0 radical (unpaired) electrons. The number of thiazole rings is 1. The van der Waals surface area contributed by atoms with E-state index in [2.05, 4.69) is 27.1 Å². The van der Waals surface area contributed by atoms with E-state index in [1.54, 1.807) is 20.3 Å². The number of aromatic amines is 1. The SMILES string of the molecule is C=CCn1c(-c2sc(NC(=O)CCc3cc(OC)ccc3OC)nc2C)n[nH]c1=S. The highest BCUT2D eigenvalue weighted by molar-refractivity contribution is 7.71. The summed E-state index contributed by atoms with van der Waals surface area (Å²) in [6, 6.07) is 5.53. The third kappa shape index (κ3) is 4.77. The second kappa shape index (κ2) is 9.68. The molecule has 0 unspecified atom stereocenters. The monoisotopic (exact) mass is 445 g/mol. The number of allylic oxidation sites excluding steroid dienone is 1. The summed E-state index contributed by atoms with van der Waals surface area (Å²) in [4.78, 5) is 17.8. The Labute approximate surface area is 183 Å². The minimum atomic E-state index is -0.134. The highest BCUT2D eigenvalue weighted by Crippen LogP contribution is 2.32. The molecule has 158 valence electrons. The van der Waals surface area contributed by atoms with Crippen LogP contribution in [0.15, 0.2) is 30.9 Å². The molecule has 0 saturated carbocycles. The second-order valence-electron chi connectivity index (χ2n) is 6.41. The maximum absolute atomic E-state index is 12.5. The average molecular weight is 446 g/mol. The molecular weight excluding hydrogens is 422 g/mol. The Hall–Kier alpha value is -2.98. The van der Waals surface area contributed by atoms with Crippen molar-refractivity contribution in [2.45, 2.75) is 26.3 Å². The van der Waals surface area contributed by atoms with E-state index in [9.17, 15) is 4.79 Å². The number of H-pyrrole nitrogens is 1. The third-order valence-electron chi connectivity index (χ3n) is 4.42. The van der Waals surface area contributed by atoms with Crippen LogP contribution in [-0.4, -0.2) is 39.9 Å². The van der Waals surface area contributed by atoms with Crippen LogP contribution in [0.5, 0.6) is 11.5 Å². The molecule has 0 aliphatic heterocycles. The number of benzene rings is 1. The van der Waals surface area contributed by atoms with Crippen molar-refractivity contribution in [3.05, 3.63) is 46.9 Å². The van der Waals surface area contributed by atoms with Crippen molar-refractivity contribution in [3.8, 4) is 22.2 Å². The van der Waals surface area contributed by atoms with Crippen LogP contribution in [0.3, 0.4) is 0 Å². The van der Waals surface area contributed by atoms with Crippen LogP contribution in [0.25, 0.3) is 10.7 Å². The summed E-state index contributed by atoms with van der Waals surface area (Å²) in [7, 11) is 3.21. The number of carbonyl (C=O) groups is 1. The predicted octanol–water partition coefficient (Wildman–Crippen LogP) is 4.15. The van der Waals surface area contributed by atoms with Crippen LogP contribution in [0.4, 0.5) is 5.13 Å². The normalized spacial score (nSPS) is 10.6. The van der Waals surface area contributed by atoms with E-state index >= 15 is 0 Å². The lowest BCUT2D eigenvalue weighted by Gasteiger charge is -2.10. The zero-order valence-corrected chi connectivity index (χ0v) is 18.7.